The number of nitrogens with zero attached hydrogens (tertiary/aromatic N) is 1. The molecule has 0 amide bonds. The van der Waals surface area contributed by atoms with Gasteiger partial charge in [-0.3, -0.25) is 0 Å². The highest BCUT2D eigenvalue weighted by Gasteiger charge is 1.98. The molecule has 0 fully saturated rings. The van der Waals surface area contributed by atoms with Gasteiger partial charge in [0.2, 0.25) is 0 Å². The van der Waals surface area contributed by atoms with Crippen LogP contribution in [-0.2, 0) is 9.63 Å². The molecule has 0 aliphatic heterocycles. The Hall–Kier alpha value is -0.910. The Morgan fingerprint density at radius 2 is 1.86 bits per heavy atom. The van der Waals surface area contributed by atoms with Gasteiger partial charge in [-0.05, 0) is 47.2 Å². The third-order valence-corrected chi connectivity index (χ3v) is 2.29. The maximum atomic E-state index is 10.5. The second kappa shape index (κ2) is 5.09. The Morgan fingerprint density at radius 1 is 1.29 bits per heavy atom. The number of benzene rings is 1. The van der Waals surface area contributed by atoms with E-state index in [9.17, 15) is 4.79 Å². The standard InChI is InChI=1S/C10H10INO2/c1-7(12-14-8(2)13)9-3-5-10(11)6-4-9/h3-6H,1-2H3/b12-7+. The fraction of sp³-hybridized carbons (Fsp3) is 0.200. The van der Waals surface area contributed by atoms with Gasteiger partial charge < -0.3 is 4.84 Å². The third-order valence-electron chi connectivity index (χ3n) is 1.57. The lowest BCUT2D eigenvalue weighted by atomic mass is 10.1. The number of halogens is 1. The van der Waals surface area contributed by atoms with Gasteiger partial charge in [0.1, 0.15) is 0 Å². The molecule has 0 bridgehead atoms. The zero-order valence-electron chi connectivity index (χ0n) is 7.95. The van der Waals surface area contributed by atoms with Crippen LogP contribution in [-0.4, -0.2) is 11.7 Å². The molecule has 4 heteroatoms. The lowest BCUT2D eigenvalue weighted by Gasteiger charge is -1.99. The van der Waals surface area contributed by atoms with Gasteiger partial charge in [-0.1, -0.05) is 17.3 Å². The van der Waals surface area contributed by atoms with Gasteiger partial charge in [-0.25, -0.2) is 4.79 Å². The number of carbonyl (C=O) groups is 1. The molecule has 0 N–H and O–H groups in total. The average Bonchev–Trinajstić information content (AvgIpc) is 2.15. The maximum absolute atomic E-state index is 10.5. The summed E-state index contributed by atoms with van der Waals surface area (Å²) in [6, 6.07) is 7.82. The summed E-state index contributed by atoms with van der Waals surface area (Å²) in [5.74, 6) is -0.408. The SMILES string of the molecule is CC(=O)O/N=C(\C)c1ccc(I)cc1. The van der Waals surface area contributed by atoms with Crippen LogP contribution >= 0.6 is 22.6 Å². The summed E-state index contributed by atoms with van der Waals surface area (Å²) in [7, 11) is 0. The summed E-state index contributed by atoms with van der Waals surface area (Å²) in [4.78, 5) is 15.0. The first-order valence-corrected chi connectivity index (χ1v) is 5.15. The van der Waals surface area contributed by atoms with Crippen LogP contribution in [0.5, 0.6) is 0 Å². The summed E-state index contributed by atoms with van der Waals surface area (Å²) < 4.78 is 1.16. The molecule has 3 nitrogen and oxygen atoms in total. The molecule has 0 radical (unpaired) electrons. The van der Waals surface area contributed by atoms with E-state index in [2.05, 4.69) is 32.6 Å². The summed E-state index contributed by atoms with van der Waals surface area (Å²) in [5.41, 5.74) is 1.64. The minimum absolute atomic E-state index is 0.408. The lowest BCUT2D eigenvalue weighted by Crippen LogP contribution is -1.99. The highest BCUT2D eigenvalue weighted by atomic mass is 127. The first-order chi connectivity index (χ1) is 6.59. The van der Waals surface area contributed by atoms with Crippen LogP contribution in [0.25, 0.3) is 0 Å². The monoisotopic (exact) mass is 303 g/mol. The molecule has 0 saturated carbocycles. The minimum atomic E-state index is -0.408. The van der Waals surface area contributed by atoms with Crippen LogP contribution in [0.1, 0.15) is 19.4 Å². The first kappa shape index (κ1) is 11.2. The first-order valence-electron chi connectivity index (χ1n) is 4.07. The van der Waals surface area contributed by atoms with E-state index >= 15 is 0 Å². The molecular formula is C10H10INO2. The van der Waals surface area contributed by atoms with Crippen LogP contribution < -0.4 is 0 Å². The number of rotatable bonds is 2. The van der Waals surface area contributed by atoms with Gasteiger partial charge in [0.15, 0.2) is 0 Å². The molecule has 0 unspecified atom stereocenters. The summed E-state index contributed by atoms with van der Waals surface area (Å²) in [5, 5.41) is 3.69. The van der Waals surface area contributed by atoms with Crippen molar-refractivity contribution in [1.82, 2.24) is 0 Å². The van der Waals surface area contributed by atoms with Crippen LogP contribution in [0.2, 0.25) is 0 Å². The minimum Gasteiger partial charge on any atom is -0.318 e. The predicted octanol–water partition coefficient (Wildman–Crippen LogP) is 2.58. The van der Waals surface area contributed by atoms with Crippen LogP contribution in [0.4, 0.5) is 0 Å². The van der Waals surface area contributed by atoms with Crippen molar-refractivity contribution in [2.24, 2.45) is 5.16 Å². The van der Waals surface area contributed by atoms with Crippen LogP contribution in [0.3, 0.4) is 0 Å². The number of hydrogen-bond acceptors (Lipinski definition) is 3. The molecule has 0 aliphatic carbocycles. The normalized spacial score (nSPS) is 11.2. The fourth-order valence-electron chi connectivity index (χ4n) is 0.877. The molecule has 1 aromatic carbocycles. The van der Waals surface area contributed by atoms with Crippen LogP contribution in [0, 0.1) is 3.57 Å². The average molecular weight is 303 g/mol. The lowest BCUT2D eigenvalue weighted by molar-refractivity contribution is -0.140. The highest BCUT2D eigenvalue weighted by Crippen LogP contribution is 2.07. The van der Waals surface area contributed by atoms with Gasteiger partial charge in [0, 0.05) is 10.5 Å². The molecule has 1 rings (SSSR count). The van der Waals surface area contributed by atoms with Gasteiger partial charge in [0.05, 0.1) is 5.71 Å². The topological polar surface area (TPSA) is 38.7 Å². The summed E-state index contributed by atoms with van der Waals surface area (Å²) in [6.45, 7) is 3.12. The van der Waals surface area contributed by atoms with Gasteiger partial charge in [-0.15, -0.1) is 0 Å². The molecule has 0 heterocycles. The quantitative estimate of drug-likeness (QED) is 0.364. The van der Waals surface area contributed by atoms with E-state index in [-0.39, 0.29) is 0 Å². The van der Waals surface area contributed by atoms with Gasteiger partial charge in [-0.2, -0.15) is 0 Å². The van der Waals surface area contributed by atoms with Gasteiger partial charge >= 0.3 is 5.97 Å². The van der Waals surface area contributed by atoms with E-state index in [4.69, 9.17) is 0 Å². The molecule has 1 aromatic rings. The Kier molecular flexibility index (Phi) is 4.06. The van der Waals surface area contributed by atoms with Crippen molar-refractivity contribution in [1.29, 1.82) is 0 Å². The Balaban J connectivity index is 2.78. The second-order valence-corrected chi connectivity index (χ2v) is 4.01. The van der Waals surface area contributed by atoms with Crippen LogP contribution in [0.15, 0.2) is 29.4 Å². The number of oxime groups is 1. The number of carbonyl (C=O) groups excluding carboxylic acids is 1. The second-order valence-electron chi connectivity index (χ2n) is 2.77. The molecular weight excluding hydrogens is 293 g/mol. The molecule has 0 spiro atoms. The van der Waals surface area contributed by atoms with Crippen molar-refractivity contribution >= 4 is 34.3 Å². The largest absolute Gasteiger partial charge is 0.331 e. The predicted molar refractivity (Wildman–Crippen MR) is 63.1 cm³/mol. The smallest absolute Gasteiger partial charge is 0.318 e. The molecule has 0 atom stereocenters. The molecule has 14 heavy (non-hydrogen) atoms. The molecule has 0 saturated heterocycles. The van der Waals surface area contributed by atoms with Crippen molar-refractivity contribution < 1.29 is 9.63 Å². The molecule has 0 aliphatic rings. The van der Waals surface area contributed by atoms with E-state index in [1.807, 2.05) is 24.3 Å². The Bertz CT molecular complexity index is 357. The van der Waals surface area contributed by atoms with E-state index < -0.39 is 5.97 Å². The molecule has 74 valence electrons. The van der Waals surface area contributed by atoms with Crippen molar-refractivity contribution in [2.45, 2.75) is 13.8 Å². The fourth-order valence-corrected chi connectivity index (χ4v) is 1.24. The van der Waals surface area contributed by atoms with E-state index in [0.29, 0.717) is 5.71 Å². The Morgan fingerprint density at radius 3 is 2.36 bits per heavy atom. The van der Waals surface area contributed by atoms with E-state index in [1.165, 1.54) is 6.92 Å². The zero-order valence-corrected chi connectivity index (χ0v) is 10.1. The van der Waals surface area contributed by atoms with E-state index in [0.717, 1.165) is 9.13 Å². The third kappa shape index (κ3) is 3.45. The highest BCUT2D eigenvalue weighted by molar-refractivity contribution is 14.1. The van der Waals surface area contributed by atoms with Crippen molar-refractivity contribution in [3.8, 4) is 0 Å². The summed E-state index contributed by atoms with van der Waals surface area (Å²) >= 11 is 2.23. The van der Waals surface area contributed by atoms with Crippen molar-refractivity contribution in [2.75, 3.05) is 0 Å². The van der Waals surface area contributed by atoms with Crippen molar-refractivity contribution in [3.05, 3.63) is 33.4 Å². The number of hydrogen-bond donors (Lipinski definition) is 0. The van der Waals surface area contributed by atoms with E-state index in [1.54, 1.807) is 6.92 Å². The maximum Gasteiger partial charge on any atom is 0.331 e. The van der Waals surface area contributed by atoms with Crippen molar-refractivity contribution in [3.63, 3.8) is 0 Å². The van der Waals surface area contributed by atoms with Gasteiger partial charge in [0.25, 0.3) is 0 Å². The zero-order chi connectivity index (χ0) is 10.6. The summed E-state index contributed by atoms with van der Waals surface area (Å²) in [6.07, 6.45) is 0. The molecule has 0 aromatic heterocycles. The Labute approximate surface area is 96.3 Å².